The molecule has 5 rings (SSSR count). The van der Waals surface area contributed by atoms with Crippen molar-refractivity contribution in [3.63, 3.8) is 0 Å². The molecular formula is C24H20N4O. The van der Waals surface area contributed by atoms with Gasteiger partial charge in [-0.25, -0.2) is 4.98 Å². The summed E-state index contributed by atoms with van der Waals surface area (Å²) in [5, 5.41) is 1.86. The van der Waals surface area contributed by atoms with Gasteiger partial charge >= 0.3 is 0 Å². The largest absolute Gasteiger partial charge is 0.306 e. The van der Waals surface area contributed by atoms with Crippen LogP contribution < -0.4 is 5.56 Å². The predicted octanol–water partition coefficient (Wildman–Crippen LogP) is 4.65. The van der Waals surface area contributed by atoms with Crippen LogP contribution in [-0.2, 0) is 0 Å². The molecule has 0 aliphatic carbocycles. The van der Waals surface area contributed by atoms with Gasteiger partial charge in [0.1, 0.15) is 0 Å². The van der Waals surface area contributed by atoms with Gasteiger partial charge in [0.05, 0.1) is 23.1 Å². The van der Waals surface area contributed by atoms with E-state index in [1.165, 1.54) is 5.56 Å². The number of fused-ring (bicyclic) bond motifs is 3. The fourth-order valence-electron chi connectivity index (χ4n) is 3.74. The first-order valence-corrected chi connectivity index (χ1v) is 9.54. The molecular weight excluding hydrogens is 360 g/mol. The zero-order valence-electron chi connectivity index (χ0n) is 16.5. The van der Waals surface area contributed by atoms with Crippen molar-refractivity contribution in [2.75, 3.05) is 0 Å². The first-order chi connectivity index (χ1) is 14.0. The number of nitrogens with zero attached hydrogens (tertiary/aromatic N) is 4. The van der Waals surface area contributed by atoms with Crippen LogP contribution in [-0.4, -0.2) is 19.1 Å². The van der Waals surface area contributed by atoms with E-state index in [2.05, 4.69) is 42.0 Å². The molecule has 0 unspecified atom stereocenters. The molecule has 0 spiro atoms. The third-order valence-electron chi connectivity index (χ3n) is 5.46. The Labute approximate surface area is 167 Å². The number of aryl methyl sites for hydroxylation is 3. The van der Waals surface area contributed by atoms with Gasteiger partial charge in [-0.3, -0.25) is 14.3 Å². The average Bonchev–Trinajstić information content (AvgIpc) is 3.16. The second kappa shape index (κ2) is 6.41. The van der Waals surface area contributed by atoms with Crippen LogP contribution in [0.3, 0.4) is 0 Å². The minimum atomic E-state index is -0.0582. The highest BCUT2D eigenvalue weighted by atomic mass is 16.1. The quantitative estimate of drug-likeness (QED) is 0.419. The Morgan fingerprint density at radius 1 is 0.828 bits per heavy atom. The van der Waals surface area contributed by atoms with Crippen LogP contribution in [0.25, 0.3) is 33.2 Å². The molecule has 142 valence electrons. The summed E-state index contributed by atoms with van der Waals surface area (Å²) in [5.74, 6) is 0. The van der Waals surface area contributed by atoms with Crippen molar-refractivity contribution in [1.82, 2.24) is 19.1 Å². The highest BCUT2D eigenvalue weighted by Gasteiger charge is 2.12. The molecule has 0 saturated carbocycles. The van der Waals surface area contributed by atoms with Crippen LogP contribution in [0.2, 0.25) is 0 Å². The third-order valence-corrected chi connectivity index (χ3v) is 5.46. The second-order valence-corrected chi connectivity index (χ2v) is 7.46. The van der Waals surface area contributed by atoms with Gasteiger partial charge in [-0.2, -0.15) is 0 Å². The Morgan fingerprint density at radius 2 is 1.66 bits per heavy atom. The zero-order chi connectivity index (χ0) is 20.1. The summed E-state index contributed by atoms with van der Waals surface area (Å²) in [6.07, 6.45) is 5.61. The molecule has 0 atom stereocenters. The summed E-state index contributed by atoms with van der Waals surface area (Å²) in [6, 6.07) is 15.6. The van der Waals surface area contributed by atoms with Gasteiger partial charge in [-0.1, -0.05) is 6.07 Å². The molecule has 5 nitrogen and oxygen atoms in total. The smallest absolute Gasteiger partial charge is 0.255 e. The van der Waals surface area contributed by atoms with E-state index < -0.39 is 0 Å². The number of hydrogen-bond donors (Lipinski definition) is 0. The van der Waals surface area contributed by atoms with Crippen molar-refractivity contribution >= 4 is 21.8 Å². The van der Waals surface area contributed by atoms with E-state index in [1.54, 1.807) is 17.0 Å². The number of benzene rings is 2. The van der Waals surface area contributed by atoms with Crippen LogP contribution in [0.4, 0.5) is 0 Å². The molecule has 0 saturated heterocycles. The summed E-state index contributed by atoms with van der Waals surface area (Å²) < 4.78 is 3.77. The van der Waals surface area contributed by atoms with E-state index in [0.717, 1.165) is 44.4 Å². The summed E-state index contributed by atoms with van der Waals surface area (Å²) in [7, 11) is 0. The van der Waals surface area contributed by atoms with E-state index in [-0.39, 0.29) is 5.56 Å². The Morgan fingerprint density at radius 3 is 2.41 bits per heavy atom. The Hall–Kier alpha value is -3.73. The predicted molar refractivity (Wildman–Crippen MR) is 116 cm³/mol. The summed E-state index contributed by atoms with van der Waals surface area (Å²) in [5.41, 5.74) is 6.80. The van der Waals surface area contributed by atoms with Gasteiger partial charge in [0.2, 0.25) is 0 Å². The van der Waals surface area contributed by atoms with Gasteiger partial charge < -0.3 is 4.57 Å². The number of hydrogen-bond acceptors (Lipinski definition) is 3. The normalized spacial score (nSPS) is 11.4. The van der Waals surface area contributed by atoms with E-state index in [1.807, 2.05) is 48.1 Å². The minimum absolute atomic E-state index is 0.0582. The first-order valence-electron chi connectivity index (χ1n) is 9.54. The van der Waals surface area contributed by atoms with Gasteiger partial charge in [0, 0.05) is 40.6 Å². The van der Waals surface area contributed by atoms with Crippen molar-refractivity contribution in [3.05, 3.63) is 94.4 Å². The first kappa shape index (κ1) is 17.4. The molecule has 3 aromatic heterocycles. The highest BCUT2D eigenvalue weighted by molar-refractivity contribution is 6.04. The van der Waals surface area contributed by atoms with Crippen molar-refractivity contribution in [2.24, 2.45) is 0 Å². The minimum Gasteiger partial charge on any atom is -0.306 e. The Balaban J connectivity index is 1.89. The van der Waals surface area contributed by atoms with Gasteiger partial charge in [-0.05, 0) is 68.3 Å². The molecule has 0 aliphatic heterocycles. The molecule has 2 aromatic carbocycles. The van der Waals surface area contributed by atoms with Crippen LogP contribution in [0, 0.1) is 20.8 Å². The highest BCUT2D eigenvalue weighted by Crippen LogP contribution is 2.27. The maximum Gasteiger partial charge on any atom is 0.255 e. The summed E-state index contributed by atoms with van der Waals surface area (Å²) in [4.78, 5) is 21.9. The molecule has 3 heterocycles. The van der Waals surface area contributed by atoms with Crippen LogP contribution in [0.1, 0.15) is 16.8 Å². The number of rotatable bonds is 2. The standard InChI is InChI=1S/C24H20N4O/c1-15-4-6-20(10-16(15)2)28-23(29)9-5-18-12-25-22-8-7-19(11-21(22)24(18)28)27-13-17(3)26-14-27/h4-14H,1-3H3. The SMILES string of the molecule is Cc1cn(-c2ccc3ncc4ccc(=O)n(-c5ccc(C)c(C)c5)c4c3c2)cn1. The van der Waals surface area contributed by atoms with Gasteiger partial charge in [0.15, 0.2) is 0 Å². The number of pyridine rings is 2. The molecule has 0 aliphatic rings. The fourth-order valence-corrected chi connectivity index (χ4v) is 3.74. The van der Waals surface area contributed by atoms with Crippen molar-refractivity contribution in [3.8, 4) is 11.4 Å². The lowest BCUT2D eigenvalue weighted by molar-refractivity contribution is 1.04. The lowest BCUT2D eigenvalue weighted by atomic mass is 10.1. The van der Waals surface area contributed by atoms with Crippen molar-refractivity contribution in [2.45, 2.75) is 20.8 Å². The van der Waals surface area contributed by atoms with Crippen molar-refractivity contribution < 1.29 is 0 Å². The van der Waals surface area contributed by atoms with E-state index in [0.29, 0.717) is 0 Å². The fraction of sp³-hybridized carbons (Fsp3) is 0.125. The van der Waals surface area contributed by atoms with E-state index in [9.17, 15) is 4.79 Å². The lowest BCUT2D eigenvalue weighted by Gasteiger charge is -2.14. The molecule has 29 heavy (non-hydrogen) atoms. The van der Waals surface area contributed by atoms with E-state index >= 15 is 0 Å². The molecule has 0 N–H and O–H groups in total. The topological polar surface area (TPSA) is 52.7 Å². The summed E-state index contributed by atoms with van der Waals surface area (Å²) >= 11 is 0. The number of aromatic nitrogens is 4. The Kier molecular flexibility index (Phi) is 3.84. The molecule has 0 amide bonds. The van der Waals surface area contributed by atoms with Crippen molar-refractivity contribution in [1.29, 1.82) is 0 Å². The molecule has 5 heteroatoms. The van der Waals surface area contributed by atoms with Crippen LogP contribution in [0.5, 0.6) is 0 Å². The average molecular weight is 380 g/mol. The number of imidazole rings is 1. The molecule has 0 fully saturated rings. The molecule has 0 bridgehead atoms. The van der Waals surface area contributed by atoms with Gasteiger partial charge in [0.25, 0.3) is 5.56 Å². The molecule has 0 radical (unpaired) electrons. The summed E-state index contributed by atoms with van der Waals surface area (Å²) in [6.45, 7) is 6.10. The molecule has 5 aromatic rings. The monoisotopic (exact) mass is 380 g/mol. The Bertz CT molecular complexity index is 1460. The maximum absolute atomic E-state index is 13.0. The third kappa shape index (κ3) is 2.83. The van der Waals surface area contributed by atoms with Crippen LogP contribution >= 0.6 is 0 Å². The van der Waals surface area contributed by atoms with Gasteiger partial charge in [-0.15, -0.1) is 0 Å². The van der Waals surface area contributed by atoms with E-state index in [4.69, 9.17) is 0 Å². The maximum atomic E-state index is 13.0. The lowest BCUT2D eigenvalue weighted by Crippen LogP contribution is -2.18. The zero-order valence-corrected chi connectivity index (χ0v) is 16.5. The van der Waals surface area contributed by atoms with Crippen LogP contribution in [0.15, 0.2) is 72.0 Å². The second-order valence-electron chi connectivity index (χ2n) is 7.46.